The summed E-state index contributed by atoms with van der Waals surface area (Å²) in [6.07, 6.45) is 23.4. The van der Waals surface area contributed by atoms with Gasteiger partial charge in [-0.25, -0.2) is 0 Å². The fraction of sp³-hybridized carbons (Fsp3) is 0.0833. The van der Waals surface area contributed by atoms with Crippen molar-refractivity contribution in [2.75, 3.05) is 0 Å². The molecule has 0 unspecified atom stereocenters. The predicted octanol–water partition coefficient (Wildman–Crippen LogP) is 19.3. The number of rotatable bonds is 0. The summed E-state index contributed by atoms with van der Waals surface area (Å²) >= 11 is 3.40. The summed E-state index contributed by atoms with van der Waals surface area (Å²) < 4.78 is 20.8. The van der Waals surface area contributed by atoms with E-state index in [4.69, 9.17) is 0 Å². The molecule has 0 spiro atoms. The van der Waals surface area contributed by atoms with Gasteiger partial charge in [-0.15, -0.1) is 0 Å². The van der Waals surface area contributed by atoms with E-state index in [9.17, 15) is 0 Å². The van der Waals surface area contributed by atoms with Crippen molar-refractivity contribution in [1.29, 1.82) is 0 Å². The van der Waals surface area contributed by atoms with Gasteiger partial charge < -0.3 is 0 Å². The van der Waals surface area contributed by atoms with E-state index >= 15 is 0 Å². The second kappa shape index (κ2) is 29.6. The van der Waals surface area contributed by atoms with Crippen LogP contribution < -0.4 is 0 Å². The summed E-state index contributed by atoms with van der Waals surface area (Å²) in [7, 11) is 0. The molecule has 14 aromatic heterocycles. The number of fused-ring (bicyclic) bond motifs is 21. The second-order valence-corrected chi connectivity index (χ2v) is 39.8. The van der Waals surface area contributed by atoms with Gasteiger partial charge in [0.05, 0.1) is 0 Å². The molecular weight excluding hydrogens is 1660 g/mol. The molecule has 14 heterocycles. The van der Waals surface area contributed by atoms with Gasteiger partial charge in [-0.3, -0.25) is 0 Å². The molecule has 14 heteroatoms. The summed E-state index contributed by atoms with van der Waals surface area (Å²) in [5.74, 6) is 0. The van der Waals surface area contributed by atoms with Crippen molar-refractivity contribution in [3.05, 3.63) is 296 Å². The molecular formula is C84H63N7Se7. The number of aromatic nitrogens is 7. The predicted molar refractivity (Wildman–Crippen MR) is 426 cm³/mol. The number of aryl methyl sites for hydroxylation is 7. The van der Waals surface area contributed by atoms with Gasteiger partial charge in [-0.05, 0) is 0 Å². The zero-order chi connectivity index (χ0) is 66.8. The fourth-order valence-corrected chi connectivity index (χ4v) is 29.2. The minimum absolute atomic E-state index is 0.485. The van der Waals surface area contributed by atoms with E-state index in [0.717, 1.165) is 11.4 Å². The fourth-order valence-electron chi connectivity index (χ4n) is 12.4. The van der Waals surface area contributed by atoms with Crippen LogP contribution in [0.5, 0.6) is 0 Å². The van der Waals surface area contributed by atoms with Crippen LogP contribution in [0, 0.1) is 48.5 Å². The summed E-state index contributed by atoms with van der Waals surface area (Å²) in [4.78, 5) is 29.8. The van der Waals surface area contributed by atoms with Gasteiger partial charge in [-0.2, -0.15) is 0 Å². The maximum absolute atomic E-state index is 4.36. The molecule has 0 aliphatic heterocycles. The van der Waals surface area contributed by atoms with E-state index in [1.807, 2.05) is 74.4 Å². The molecule has 0 radical (unpaired) electrons. The normalized spacial score (nSPS) is 11.2. The van der Waals surface area contributed by atoms with E-state index in [1.54, 1.807) is 0 Å². The number of hydrogen-bond donors (Lipinski definition) is 0. The Morgan fingerprint density at radius 3 is 1.36 bits per heavy atom. The molecule has 0 atom stereocenters. The molecule has 0 fully saturated rings. The molecule has 0 bridgehead atoms. The average molecular weight is 1720 g/mol. The Morgan fingerprint density at radius 1 is 0.224 bits per heavy atom. The quantitative estimate of drug-likeness (QED) is 0.140. The Bertz CT molecular complexity index is 6090. The number of benzene rings is 7. The molecule has 0 amide bonds. The summed E-state index contributed by atoms with van der Waals surface area (Å²) in [5, 5.41) is 19.2. The maximum atomic E-state index is 4.36. The molecule has 7 nitrogen and oxygen atoms in total. The number of pyridine rings is 7. The van der Waals surface area contributed by atoms with Crippen molar-refractivity contribution < 1.29 is 0 Å². The van der Waals surface area contributed by atoms with E-state index in [0.29, 0.717) is 102 Å². The second-order valence-electron chi connectivity index (χ2n) is 24.0. The minimum atomic E-state index is 0.485. The topological polar surface area (TPSA) is 90.2 Å². The number of nitrogens with zero attached hydrogens (tertiary/aromatic N) is 7. The molecule has 21 aromatic rings. The van der Waals surface area contributed by atoms with Crippen molar-refractivity contribution >= 4 is 237 Å². The first kappa shape index (κ1) is 66.1. The first-order valence-electron chi connectivity index (χ1n) is 32.1. The third-order valence-electron chi connectivity index (χ3n) is 17.2. The Kier molecular flexibility index (Phi) is 20.0. The van der Waals surface area contributed by atoms with E-state index in [-0.39, 0.29) is 0 Å². The van der Waals surface area contributed by atoms with Gasteiger partial charge in [0.25, 0.3) is 0 Å². The molecule has 0 N–H and O–H groups in total. The number of hydrogen-bond acceptors (Lipinski definition) is 7. The van der Waals surface area contributed by atoms with Crippen LogP contribution in [0.15, 0.2) is 256 Å². The van der Waals surface area contributed by atoms with Gasteiger partial charge in [0.2, 0.25) is 0 Å². The van der Waals surface area contributed by atoms with Crippen LogP contribution in [0.25, 0.3) is 135 Å². The SMILES string of the molecule is Cc1cc2[se]c3ccccc3c2cn1.Cc1ccc2[se]c3ccncc3c2c1.Cc1ccc2c(c1)[se]c1ccncc12.Cc1cccc2[se]c3ccncc3c12.Cc1cccc2c1[se]c1ccncc12.Cc1cncc2c1[se]c1ccccc12.Cc1nccc2[se]c3ccccc3c12. The van der Waals surface area contributed by atoms with Crippen LogP contribution in [0.3, 0.4) is 0 Å². The van der Waals surface area contributed by atoms with Crippen molar-refractivity contribution in [2.24, 2.45) is 0 Å². The molecule has 7 aromatic carbocycles. The molecule has 476 valence electrons. The van der Waals surface area contributed by atoms with Gasteiger partial charge in [-0.1, -0.05) is 0 Å². The van der Waals surface area contributed by atoms with Gasteiger partial charge >= 0.3 is 615 Å². The van der Waals surface area contributed by atoms with Gasteiger partial charge in [0.15, 0.2) is 0 Å². The van der Waals surface area contributed by atoms with Crippen molar-refractivity contribution in [3.63, 3.8) is 0 Å². The Morgan fingerprint density at radius 2 is 0.653 bits per heavy atom. The van der Waals surface area contributed by atoms with E-state index in [2.05, 4.69) is 265 Å². The van der Waals surface area contributed by atoms with Crippen LogP contribution in [0.4, 0.5) is 0 Å². The molecule has 98 heavy (non-hydrogen) atoms. The van der Waals surface area contributed by atoms with Crippen LogP contribution in [0.1, 0.15) is 39.2 Å². The van der Waals surface area contributed by atoms with E-state index < -0.39 is 0 Å². The average Bonchev–Trinajstić information content (AvgIpc) is 1.66. The summed E-state index contributed by atoms with van der Waals surface area (Å²) in [6.45, 7) is 15.0. The zero-order valence-electron chi connectivity index (χ0n) is 54.7. The van der Waals surface area contributed by atoms with Crippen molar-refractivity contribution in [2.45, 2.75) is 48.5 Å². The first-order valence-corrected chi connectivity index (χ1v) is 44.0. The third-order valence-corrected chi connectivity index (χ3v) is 34.7. The first-order chi connectivity index (χ1) is 48.0. The Hall–Kier alpha value is -7.77. The van der Waals surface area contributed by atoms with Crippen LogP contribution in [0.2, 0.25) is 0 Å². The Balaban J connectivity index is 0.0000000933. The Labute approximate surface area is 609 Å². The van der Waals surface area contributed by atoms with Crippen LogP contribution >= 0.6 is 0 Å². The molecule has 0 aliphatic carbocycles. The van der Waals surface area contributed by atoms with Crippen molar-refractivity contribution in [1.82, 2.24) is 34.9 Å². The molecule has 0 saturated carbocycles. The molecule has 21 rings (SSSR count). The zero-order valence-corrected chi connectivity index (χ0v) is 66.7. The van der Waals surface area contributed by atoms with Gasteiger partial charge in [0.1, 0.15) is 0 Å². The third kappa shape index (κ3) is 13.8. The van der Waals surface area contributed by atoms with Gasteiger partial charge in [0, 0.05) is 0 Å². The van der Waals surface area contributed by atoms with Crippen LogP contribution in [-0.4, -0.2) is 136 Å². The van der Waals surface area contributed by atoms with Crippen LogP contribution in [-0.2, 0) is 0 Å². The standard InChI is InChI=1S/7C12H9NSe/c1-8-2-3-11-9(6-8)10-7-13-5-4-12(10)14-11;1-8-2-3-9-10-7-13-5-4-11(10)14-12(9)6-8;1-8-3-2-4-11-12(8)9-7-13-6-5-10(9)14-11;1-8-3-2-4-9-10-7-13-6-5-11(10)14-12(8)9;1-8-6-13-7-10-9-4-2-3-5-11(9)14-12(8)10;1-8-6-12-10(7-13-8)9-4-2-3-5-11(9)14-12;1-8-12-9-4-2-3-5-10(9)14-11(12)6-7-13-8/h7*2-7H,1H3. The van der Waals surface area contributed by atoms with E-state index in [1.165, 1.54) is 163 Å². The molecule has 0 aliphatic rings. The van der Waals surface area contributed by atoms with Crippen molar-refractivity contribution in [3.8, 4) is 0 Å². The summed E-state index contributed by atoms with van der Waals surface area (Å²) in [6, 6.07) is 65.4. The monoisotopic (exact) mass is 1730 g/mol. The summed E-state index contributed by atoms with van der Waals surface area (Å²) in [5.41, 5.74) is 9.09. The molecule has 0 saturated heterocycles.